The van der Waals surface area contributed by atoms with E-state index in [9.17, 15) is 4.79 Å². The topological polar surface area (TPSA) is 81.1 Å². The largest absolute Gasteiger partial charge is 0.446 e. The van der Waals surface area contributed by atoms with Crippen LogP contribution in [0.25, 0.3) is 0 Å². The molecule has 0 aliphatic heterocycles. The second-order valence-electron chi connectivity index (χ2n) is 4.19. The average molecular weight is 225 g/mol. The number of carbonyl (C=O) groups is 1. The van der Waals surface area contributed by atoms with Crippen LogP contribution < -0.4 is 11.1 Å². The van der Waals surface area contributed by atoms with Gasteiger partial charge in [0.05, 0.1) is 6.04 Å². The van der Waals surface area contributed by atoms with E-state index in [0.29, 0.717) is 24.0 Å². The Kier molecular flexibility index (Phi) is 4.49. The van der Waals surface area contributed by atoms with Crippen molar-refractivity contribution in [3.05, 3.63) is 17.8 Å². The summed E-state index contributed by atoms with van der Waals surface area (Å²) in [4.78, 5) is 15.7. The van der Waals surface area contributed by atoms with E-state index in [1.54, 1.807) is 0 Å². The quantitative estimate of drug-likeness (QED) is 0.795. The maximum absolute atomic E-state index is 11.6. The predicted molar refractivity (Wildman–Crippen MR) is 60.9 cm³/mol. The van der Waals surface area contributed by atoms with Crippen LogP contribution in [0.1, 0.15) is 49.6 Å². The van der Waals surface area contributed by atoms with Gasteiger partial charge in [-0.1, -0.05) is 20.8 Å². The van der Waals surface area contributed by atoms with Gasteiger partial charge in [-0.25, -0.2) is 4.98 Å². The highest BCUT2D eigenvalue weighted by molar-refractivity contribution is 5.91. The number of carbonyl (C=O) groups excluding carboxylic acids is 1. The van der Waals surface area contributed by atoms with Gasteiger partial charge in [-0.15, -0.1) is 0 Å². The second kappa shape index (κ2) is 5.65. The number of nitrogens with one attached hydrogen (secondary N) is 1. The molecule has 0 aliphatic rings. The first-order valence-electron chi connectivity index (χ1n) is 5.53. The molecule has 0 bridgehead atoms. The number of nitrogens with two attached hydrogens (primary N) is 1. The summed E-state index contributed by atoms with van der Waals surface area (Å²) in [6.07, 6.45) is 2.08. The van der Waals surface area contributed by atoms with Gasteiger partial charge in [0.25, 0.3) is 5.91 Å². The van der Waals surface area contributed by atoms with Crippen LogP contribution in [-0.2, 0) is 0 Å². The zero-order chi connectivity index (χ0) is 12.1. The van der Waals surface area contributed by atoms with Crippen molar-refractivity contribution in [2.45, 2.75) is 33.2 Å². The Morgan fingerprint density at radius 2 is 2.31 bits per heavy atom. The van der Waals surface area contributed by atoms with Crippen molar-refractivity contribution in [2.24, 2.45) is 11.7 Å². The lowest BCUT2D eigenvalue weighted by atomic mass is 10.2. The van der Waals surface area contributed by atoms with E-state index in [2.05, 4.69) is 10.3 Å². The van der Waals surface area contributed by atoms with Crippen LogP contribution in [0.3, 0.4) is 0 Å². The minimum atomic E-state index is -0.244. The maximum atomic E-state index is 11.6. The lowest BCUT2D eigenvalue weighted by molar-refractivity contribution is 0.0944. The van der Waals surface area contributed by atoms with E-state index < -0.39 is 0 Å². The third kappa shape index (κ3) is 3.34. The van der Waals surface area contributed by atoms with Gasteiger partial charge in [0.15, 0.2) is 5.69 Å². The van der Waals surface area contributed by atoms with Crippen LogP contribution in [0.5, 0.6) is 0 Å². The van der Waals surface area contributed by atoms with Crippen molar-refractivity contribution in [3.8, 4) is 0 Å². The molecule has 1 amide bonds. The molecule has 90 valence electrons. The number of oxazole rings is 1. The highest BCUT2D eigenvalue weighted by Crippen LogP contribution is 2.12. The summed E-state index contributed by atoms with van der Waals surface area (Å²) in [5, 5.41) is 2.77. The van der Waals surface area contributed by atoms with Crippen LogP contribution in [0.15, 0.2) is 10.7 Å². The molecule has 1 unspecified atom stereocenters. The van der Waals surface area contributed by atoms with Crippen molar-refractivity contribution < 1.29 is 9.21 Å². The summed E-state index contributed by atoms with van der Waals surface area (Å²) >= 11 is 0. The SMILES string of the molecule is CCC(N)c1nc(C(=O)NCC(C)C)co1. The van der Waals surface area contributed by atoms with E-state index in [4.69, 9.17) is 10.2 Å². The molecule has 0 saturated heterocycles. The Hall–Kier alpha value is -1.36. The predicted octanol–water partition coefficient (Wildman–Crippen LogP) is 1.47. The molecule has 0 spiro atoms. The average Bonchev–Trinajstić information content (AvgIpc) is 2.74. The Labute approximate surface area is 95.4 Å². The van der Waals surface area contributed by atoms with Gasteiger partial charge in [0.1, 0.15) is 6.26 Å². The first kappa shape index (κ1) is 12.7. The Morgan fingerprint density at radius 1 is 1.62 bits per heavy atom. The van der Waals surface area contributed by atoms with Gasteiger partial charge in [0, 0.05) is 6.54 Å². The number of rotatable bonds is 5. The minimum absolute atomic E-state index is 0.216. The van der Waals surface area contributed by atoms with E-state index in [0.717, 1.165) is 6.42 Å². The van der Waals surface area contributed by atoms with Crippen LogP contribution in [0.4, 0.5) is 0 Å². The van der Waals surface area contributed by atoms with E-state index in [1.165, 1.54) is 6.26 Å². The Bertz CT molecular complexity index is 347. The first-order valence-corrected chi connectivity index (χ1v) is 5.53. The molecular weight excluding hydrogens is 206 g/mol. The fraction of sp³-hybridized carbons (Fsp3) is 0.636. The highest BCUT2D eigenvalue weighted by Gasteiger charge is 2.15. The molecule has 0 fully saturated rings. The fourth-order valence-corrected chi connectivity index (χ4v) is 1.12. The van der Waals surface area contributed by atoms with Crippen molar-refractivity contribution >= 4 is 5.91 Å². The third-order valence-electron chi connectivity index (χ3n) is 2.18. The van der Waals surface area contributed by atoms with Gasteiger partial charge in [-0.05, 0) is 12.3 Å². The van der Waals surface area contributed by atoms with Crippen molar-refractivity contribution in [3.63, 3.8) is 0 Å². The molecule has 3 N–H and O–H groups in total. The van der Waals surface area contributed by atoms with Crippen LogP contribution in [0.2, 0.25) is 0 Å². The van der Waals surface area contributed by atoms with Crippen molar-refractivity contribution in [1.82, 2.24) is 10.3 Å². The van der Waals surface area contributed by atoms with Gasteiger partial charge in [-0.3, -0.25) is 4.79 Å². The zero-order valence-corrected chi connectivity index (χ0v) is 9.99. The number of hydrogen-bond donors (Lipinski definition) is 2. The molecule has 0 saturated carbocycles. The van der Waals surface area contributed by atoms with E-state index in [-0.39, 0.29) is 11.9 Å². The van der Waals surface area contributed by atoms with Crippen LogP contribution >= 0.6 is 0 Å². The lowest BCUT2D eigenvalue weighted by Crippen LogP contribution is -2.27. The van der Waals surface area contributed by atoms with E-state index >= 15 is 0 Å². The Balaban J connectivity index is 2.60. The number of amides is 1. The monoisotopic (exact) mass is 225 g/mol. The molecule has 0 aromatic carbocycles. The molecule has 1 aromatic rings. The highest BCUT2D eigenvalue weighted by atomic mass is 16.3. The normalized spacial score (nSPS) is 12.8. The summed E-state index contributed by atoms with van der Waals surface area (Å²) in [5.41, 5.74) is 6.03. The Morgan fingerprint density at radius 3 is 2.88 bits per heavy atom. The smallest absolute Gasteiger partial charge is 0.273 e. The molecule has 5 nitrogen and oxygen atoms in total. The lowest BCUT2D eigenvalue weighted by Gasteiger charge is -2.05. The fourth-order valence-electron chi connectivity index (χ4n) is 1.12. The molecule has 1 aromatic heterocycles. The summed E-state index contributed by atoms with van der Waals surface area (Å²) in [6.45, 7) is 6.62. The number of aromatic nitrogens is 1. The van der Waals surface area contributed by atoms with Gasteiger partial charge < -0.3 is 15.5 Å². The molecular formula is C11H19N3O2. The summed E-state index contributed by atoms with van der Waals surface area (Å²) in [6, 6.07) is -0.244. The maximum Gasteiger partial charge on any atom is 0.273 e. The first-order chi connectivity index (χ1) is 7.54. The molecule has 0 aliphatic carbocycles. The zero-order valence-electron chi connectivity index (χ0n) is 9.99. The molecule has 1 rings (SSSR count). The second-order valence-corrected chi connectivity index (χ2v) is 4.19. The van der Waals surface area contributed by atoms with Crippen molar-refractivity contribution in [1.29, 1.82) is 0 Å². The summed E-state index contributed by atoms with van der Waals surface area (Å²) in [7, 11) is 0. The summed E-state index contributed by atoms with van der Waals surface area (Å²) in [5.74, 6) is 0.609. The molecule has 0 radical (unpaired) electrons. The molecule has 1 heterocycles. The number of nitrogens with zero attached hydrogens (tertiary/aromatic N) is 1. The van der Waals surface area contributed by atoms with Crippen molar-refractivity contribution in [2.75, 3.05) is 6.54 Å². The van der Waals surface area contributed by atoms with Crippen LogP contribution in [0, 0.1) is 5.92 Å². The minimum Gasteiger partial charge on any atom is -0.446 e. The molecule has 16 heavy (non-hydrogen) atoms. The van der Waals surface area contributed by atoms with E-state index in [1.807, 2.05) is 20.8 Å². The standard InChI is InChI=1S/C11H19N3O2/c1-4-8(12)11-14-9(6-16-11)10(15)13-5-7(2)3/h6-8H,4-5,12H2,1-3H3,(H,13,15). The van der Waals surface area contributed by atoms with Gasteiger partial charge in [0.2, 0.25) is 5.89 Å². The van der Waals surface area contributed by atoms with Gasteiger partial charge in [-0.2, -0.15) is 0 Å². The molecule has 5 heteroatoms. The third-order valence-corrected chi connectivity index (χ3v) is 2.18. The van der Waals surface area contributed by atoms with Gasteiger partial charge >= 0.3 is 0 Å². The molecule has 1 atom stereocenters. The summed E-state index contributed by atoms with van der Waals surface area (Å²) < 4.78 is 5.15. The van der Waals surface area contributed by atoms with Crippen LogP contribution in [-0.4, -0.2) is 17.4 Å². The number of hydrogen-bond acceptors (Lipinski definition) is 4.